The van der Waals surface area contributed by atoms with Crippen molar-refractivity contribution in [2.75, 3.05) is 32.8 Å². The lowest BCUT2D eigenvalue weighted by Gasteiger charge is -2.41. The smallest absolute Gasteiger partial charge is 0.234 e. The van der Waals surface area contributed by atoms with E-state index < -0.39 is 0 Å². The number of piperidine rings is 1. The van der Waals surface area contributed by atoms with Gasteiger partial charge in [0.05, 0.1) is 24.5 Å². The third-order valence-corrected chi connectivity index (χ3v) is 7.19. The van der Waals surface area contributed by atoms with Gasteiger partial charge in [-0.1, -0.05) is 30.7 Å². The Morgan fingerprint density at radius 3 is 2.79 bits per heavy atom. The van der Waals surface area contributed by atoms with Crippen LogP contribution in [0.15, 0.2) is 48.8 Å². The molecule has 1 aromatic carbocycles. The van der Waals surface area contributed by atoms with Gasteiger partial charge in [0.25, 0.3) is 0 Å². The molecule has 1 unspecified atom stereocenters. The predicted octanol–water partition coefficient (Wildman–Crippen LogP) is 3.26. The first-order chi connectivity index (χ1) is 16.6. The van der Waals surface area contributed by atoms with E-state index in [2.05, 4.69) is 32.7 Å². The van der Waals surface area contributed by atoms with Gasteiger partial charge in [0.1, 0.15) is 12.4 Å². The van der Waals surface area contributed by atoms with E-state index in [9.17, 15) is 9.59 Å². The Morgan fingerprint density at radius 2 is 2.00 bits per heavy atom. The van der Waals surface area contributed by atoms with Crippen LogP contribution in [0.3, 0.4) is 0 Å². The van der Waals surface area contributed by atoms with Crippen molar-refractivity contribution in [3.05, 3.63) is 59.9 Å². The molecule has 0 radical (unpaired) electrons. The van der Waals surface area contributed by atoms with Gasteiger partial charge in [-0.3, -0.25) is 19.5 Å². The molecule has 2 aliphatic rings. The highest BCUT2D eigenvalue weighted by Crippen LogP contribution is 2.37. The van der Waals surface area contributed by atoms with Crippen LogP contribution in [0.1, 0.15) is 56.2 Å². The number of fused-ring (bicyclic) bond motifs is 1. The molecule has 1 atom stereocenters. The Morgan fingerprint density at radius 1 is 1.18 bits per heavy atom. The largest absolute Gasteiger partial charge is 0.491 e. The molecule has 2 aliphatic heterocycles. The number of aromatic nitrogens is 1. The molecular weight excluding hydrogens is 428 g/mol. The summed E-state index contributed by atoms with van der Waals surface area (Å²) >= 11 is 0. The van der Waals surface area contributed by atoms with Crippen LogP contribution < -0.4 is 15.4 Å². The SMILES string of the molecule is CC(NC(=O)CN1CCC2(CCCCc3ccccc3OCCNC2=O)CC1)c1cccnc1. The topological polar surface area (TPSA) is 83.6 Å². The Bertz CT molecular complexity index is 957. The van der Waals surface area contributed by atoms with Gasteiger partial charge in [0.15, 0.2) is 0 Å². The van der Waals surface area contributed by atoms with Crippen LogP contribution in [-0.2, 0) is 16.0 Å². The van der Waals surface area contributed by atoms with Gasteiger partial charge in [-0.05, 0) is 75.4 Å². The highest BCUT2D eigenvalue weighted by molar-refractivity contribution is 5.83. The van der Waals surface area contributed by atoms with E-state index in [-0.39, 0.29) is 23.3 Å². The van der Waals surface area contributed by atoms with Gasteiger partial charge in [-0.25, -0.2) is 0 Å². The number of ether oxygens (including phenoxy) is 1. The Hall–Kier alpha value is -2.93. The van der Waals surface area contributed by atoms with Crippen molar-refractivity contribution in [2.45, 2.75) is 51.5 Å². The number of pyridine rings is 1. The van der Waals surface area contributed by atoms with E-state index in [1.165, 1.54) is 5.56 Å². The van der Waals surface area contributed by atoms with Gasteiger partial charge in [0.2, 0.25) is 11.8 Å². The molecular formula is C27H36N4O3. The molecule has 7 heteroatoms. The monoisotopic (exact) mass is 464 g/mol. The number of benzene rings is 1. The van der Waals surface area contributed by atoms with Crippen molar-refractivity contribution in [1.82, 2.24) is 20.5 Å². The fourth-order valence-electron chi connectivity index (χ4n) is 5.08. The highest BCUT2D eigenvalue weighted by Gasteiger charge is 2.41. The molecule has 2 amide bonds. The normalized spacial score (nSPS) is 20.1. The summed E-state index contributed by atoms with van der Waals surface area (Å²) in [6.45, 7) is 4.81. The van der Waals surface area contributed by atoms with Gasteiger partial charge >= 0.3 is 0 Å². The number of hydrogen-bond acceptors (Lipinski definition) is 5. The predicted molar refractivity (Wildman–Crippen MR) is 131 cm³/mol. The number of nitrogens with zero attached hydrogens (tertiary/aromatic N) is 2. The molecule has 1 aromatic heterocycles. The van der Waals surface area contributed by atoms with E-state index >= 15 is 0 Å². The molecule has 1 saturated heterocycles. The van der Waals surface area contributed by atoms with Gasteiger partial charge < -0.3 is 15.4 Å². The van der Waals surface area contributed by atoms with Gasteiger partial charge in [0, 0.05) is 12.4 Å². The van der Waals surface area contributed by atoms with Crippen molar-refractivity contribution < 1.29 is 14.3 Å². The average Bonchev–Trinajstić information content (AvgIpc) is 2.86. The summed E-state index contributed by atoms with van der Waals surface area (Å²) in [7, 11) is 0. The minimum Gasteiger partial charge on any atom is -0.491 e. The van der Waals surface area contributed by atoms with Crippen LogP contribution in [0.2, 0.25) is 0 Å². The molecule has 182 valence electrons. The zero-order valence-electron chi connectivity index (χ0n) is 20.1. The first kappa shape index (κ1) is 24.2. The zero-order valence-corrected chi connectivity index (χ0v) is 20.1. The summed E-state index contributed by atoms with van der Waals surface area (Å²) in [4.78, 5) is 32.1. The summed E-state index contributed by atoms with van der Waals surface area (Å²) in [5.74, 6) is 1.07. The maximum Gasteiger partial charge on any atom is 0.234 e. The Balaban J connectivity index is 1.30. The summed E-state index contributed by atoms with van der Waals surface area (Å²) in [5, 5.41) is 6.19. The first-order valence-electron chi connectivity index (χ1n) is 12.5. The molecule has 3 heterocycles. The number of nitrogens with one attached hydrogen (secondary N) is 2. The third kappa shape index (κ3) is 6.14. The fourth-order valence-corrected chi connectivity index (χ4v) is 5.08. The van der Waals surface area contributed by atoms with E-state index in [4.69, 9.17) is 4.74 Å². The van der Waals surface area contributed by atoms with Gasteiger partial charge in [-0.15, -0.1) is 0 Å². The van der Waals surface area contributed by atoms with E-state index in [0.29, 0.717) is 19.7 Å². The maximum atomic E-state index is 13.2. The maximum absolute atomic E-state index is 13.2. The number of aryl methyl sites for hydroxylation is 1. The second-order valence-electron chi connectivity index (χ2n) is 9.55. The summed E-state index contributed by atoms with van der Waals surface area (Å²) in [6, 6.07) is 11.9. The van der Waals surface area contributed by atoms with Crippen LogP contribution in [0.5, 0.6) is 5.75 Å². The molecule has 34 heavy (non-hydrogen) atoms. The molecule has 2 aromatic rings. The summed E-state index contributed by atoms with van der Waals surface area (Å²) in [5.41, 5.74) is 1.88. The highest BCUT2D eigenvalue weighted by atomic mass is 16.5. The van der Waals surface area contributed by atoms with E-state index in [1.807, 2.05) is 31.2 Å². The van der Waals surface area contributed by atoms with Crippen molar-refractivity contribution >= 4 is 11.8 Å². The van der Waals surface area contributed by atoms with Crippen LogP contribution in [-0.4, -0.2) is 54.5 Å². The lowest BCUT2D eigenvalue weighted by Crippen LogP contribution is -2.51. The Labute approximate surface area is 202 Å². The number of hydrogen-bond donors (Lipinski definition) is 2. The van der Waals surface area contributed by atoms with Gasteiger partial charge in [-0.2, -0.15) is 0 Å². The zero-order chi connectivity index (χ0) is 23.8. The summed E-state index contributed by atoms with van der Waals surface area (Å²) in [6.07, 6.45) is 8.96. The second kappa shape index (κ2) is 11.5. The third-order valence-electron chi connectivity index (χ3n) is 7.19. The van der Waals surface area contributed by atoms with Crippen LogP contribution in [0.4, 0.5) is 0 Å². The van der Waals surface area contributed by atoms with Crippen molar-refractivity contribution in [3.63, 3.8) is 0 Å². The van der Waals surface area contributed by atoms with Crippen molar-refractivity contribution in [1.29, 1.82) is 0 Å². The minimum absolute atomic E-state index is 0.00580. The standard InChI is InChI=1S/C27H36N4O3/c1-21(23-9-6-14-28-19-23)30-25(32)20-31-16-12-27(13-17-31)11-5-4-8-22-7-2-3-10-24(22)34-18-15-29-26(27)33/h2-3,6-7,9-10,14,19,21H,4-5,8,11-13,15-18,20H2,1H3,(H,29,33)(H,30,32). The summed E-state index contributed by atoms with van der Waals surface area (Å²) < 4.78 is 5.94. The lowest BCUT2D eigenvalue weighted by molar-refractivity contribution is -0.135. The average molecular weight is 465 g/mol. The van der Waals surface area contributed by atoms with Crippen LogP contribution in [0, 0.1) is 5.41 Å². The number of rotatable bonds is 4. The Kier molecular flexibility index (Phi) is 8.16. The molecule has 0 bridgehead atoms. The number of para-hydroxylation sites is 1. The molecule has 2 N–H and O–H groups in total. The van der Waals surface area contributed by atoms with Crippen LogP contribution >= 0.6 is 0 Å². The lowest BCUT2D eigenvalue weighted by atomic mass is 9.73. The quantitative estimate of drug-likeness (QED) is 0.726. The van der Waals surface area contributed by atoms with E-state index in [0.717, 1.165) is 62.9 Å². The fraction of sp³-hybridized carbons (Fsp3) is 0.519. The second-order valence-corrected chi connectivity index (χ2v) is 9.55. The molecule has 0 saturated carbocycles. The number of amides is 2. The van der Waals surface area contributed by atoms with E-state index in [1.54, 1.807) is 12.4 Å². The minimum atomic E-state index is -0.352. The number of carbonyl (C=O) groups is 2. The molecule has 1 spiro atoms. The number of carbonyl (C=O) groups excluding carboxylic acids is 2. The molecule has 0 aliphatic carbocycles. The molecule has 1 fully saturated rings. The molecule has 7 nitrogen and oxygen atoms in total. The molecule has 4 rings (SSSR count). The first-order valence-corrected chi connectivity index (χ1v) is 12.5. The number of likely N-dealkylation sites (tertiary alicyclic amines) is 1. The van der Waals surface area contributed by atoms with Crippen molar-refractivity contribution in [2.24, 2.45) is 5.41 Å². The van der Waals surface area contributed by atoms with Crippen molar-refractivity contribution in [3.8, 4) is 5.75 Å². The van der Waals surface area contributed by atoms with Crippen LogP contribution in [0.25, 0.3) is 0 Å².